The Morgan fingerprint density at radius 3 is 2.24 bits per heavy atom. The Bertz CT molecular complexity index is 1480. The Hall–Kier alpha value is -4.01. The van der Waals surface area contributed by atoms with Gasteiger partial charge in [-0.25, -0.2) is 4.79 Å². The van der Waals surface area contributed by atoms with Gasteiger partial charge in [0.15, 0.2) is 6.10 Å². The number of carbonyl (C=O) groups is 3. The zero-order valence-electron chi connectivity index (χ0n) is 27.1. The van der Waals surface area contributed by atoms with Crippen LogP contribution in [0.5, 0.6) is 0 Å². The lowest BCUT2D eigenvalue weighted by Crippen LogP contribution is -2.56. The summed E-state index contributed by atoms with van der Waals surface area (Å²) >= 11 is 0. The van der Waals surface area contributed by atoms with Gasteiger partial charge in [0.2, 0.25) is 17.6 Å². The number of hydrogen-bond acceptors (Lipinski definition) is 6. The van der Waals surface area contributed by atoms with Gasteiger partial charge in [-0.2, -0.15) is 0 Å². The molecule has 8 nitrogen and oxygen atoms in total. The van der Waals surface area contributed by atoms with E-state index in [1.807, 2.05) is 69.3 Å². The SMILES string of the molecule is Cc1cccc(-c2ccccc2CCCC(C(=O)NC(C(=O)NC(CO)c2ccccc2)C(C)(C)C)C2OC(C)(C)OC2=O)c1. The molecule has 240 valence electrons. The quantitative estimate of drug-likeness (QED) is 0.227. The van der Waals surface area contributed by atoms with E-state index in [4.69, 9.17) is 9.47 Å². The Morgan fingerprint density at radius 1 is 0.933 bits per heavy atom. The molecule has 0 aromatic heterocycles. The van der Waals surface area contributed by atoms with Crippen molar-refractivity contribution >= 4 is 17.8 Å². The van der Waals surface area contributed by atoms with E-state index < -0.39 is 53.1 Å². The van der Waals surface area contributed by atoms with E-state index >= 15 is 0 Å². The first-order chi connectivity index (χ1) is 21.3. The molecule has 1 aliphatic heterocycles. The molecule has 1 aliphatic rings. The number of aryl methyl sites for hydroxylation is 2. The molecule has 3 N–H and O–H groups in total. The van der Waals surface area contributed by atoms with Crippen LogP contribution in [-0.2, 0) is 30.3 Å². The molecule has 45 heavy (non-hydrogen) atoms. The minimum Gasteiger partial charge on any atom is -0.432 e. The van der Waals surface area contributed by atoms with Crippen molar-refractivity contribution in [2.75, 3.05) is 6.61 Å². The largest absolute Gasteiger partial charge is 0.432 e. The first kappa shape index (κ1) is 33.9. The molecule has 2 amide bonds. The summed E-state index contributed by atoms with van der Waals surface area (Å²) in [5, 5.41) is 15.9. The van der Waals surface area contributed by atoms with Gasteiger partial charge in [-0.1, -0.05) is 105 Å². The maximum atomic E-state index is 14.0. The van der Waals surface area contributed by atoms with Gasteiger partial charge in [0.05, 0.1) is 18.6 Å². The van der Waals surface area contributed by atoms with Crippen molar-refractivity contribution in [2.24, 2.45) is 11.3 Å². The molecule has 1 saturated heterocycles. The van der Waals surface area contributed by atoms with Crippen molar-refractivity contribution in [3.63, 3.8) is 0 Å². The minimum atomic E-state index is -1.16. The van der Waals surface area contributed by atoms with Gasteiger partial charge < -0.3 is 25.2 Å². The number of rotatable bonds is 12. The van der Waals surface area contributed by atoms with E-state index in [-0.39, 0.29) is 6.61 Å². The highest BCUT2D eigenvalue weighted by Crippen LogP contribution is 2.32. The van der Waals surface area contributed by atoms with Crippen LogP contribution in [0.3, 0.4) is 0 Å². The van der Waals surface area contributed by atoms with Crippen LogP contribution in [0.4, 0.5) is 0 Å². The number of esters is 1. The van der Waals surface area contributed by atoms with Crippen LogP contribution in [0.25, 0.3) is 11.1 Å². The second-order valence-corrected chi connectivity index (χ2v) is 13.3. The van der Waals surface area contributed by atoms with Crippen molar-refractivity contribution in [1.29, 1.82) is 0 Å². The number of hydrogen-bond donors (Lipinski definition) is 3. The fraction of sp³-hybridized carbons (Fsp3) is 0.432. The molecule has 4 atom stereocenters. The third-order valence-corrected chi connectivity index (χ3v) is 8.12. The number of aliphatic hydroxyl groups is 1. The Balaban J connectivity index is 1.54. The maximum Gasteiger partial charge on any atom is 0.338 e. The van der Waals surface area contributed by atoms with Crippen LogP contribution < -0.4 is 10.6 Å². The number of nitrogens with one attached hydrogen (secondary N) is 2. The summed E-state index contributed by atoms with van der Waals surface area (Å²) in [5.41, 5.74) is 4.64. The van der Waals surface area contributed by atoms with Crippen LogP contribution in [-0.4, -0.2) is 47.4 Å². The van der Waals surface area contributed by atoms with Gasteiger partial charge in [-0.3, -0.25) is 9.59 Å². The average Bonchev–Trinajstić information content (AvgIpc) is 3.27. The van der Waals surface area contributed by atoms with E-state index in [2.05, 4.69) is 47.9 Å². The van der Waals surface area contributed by atoms with Crippen LogP contribution >= 0.6 is 0 Å². The van der Waals surface area contributed by atoms with Crippen LogP contribution in [0.1, 0.15) is 70.2 Å². The zero-order chi connectivity index (χ0) is 32.8. The first-order valence-corrected chi connectivity index (χ1v) is 15.6. The van der Waals surface area contributed by atoms with Gasteiger partial charge in [-0.15, -0.1) is 0 Å². The topological polar surface area (TPSA) is 114 Å². The van der Waals surface area contributed by atoms with Crippen LogP contribution in [0, 0.1) is 18.3 Å². The van der Waals surface area contributed by atoms with Crippen molar-refractivity contribution < 1.29 is 29.0 Å². The van der Waals surface area contributed by atoms with Gasteiger partial charge in [0, 0.05) is 13.8 Å². The summed E-state index contributed by atoms with van der Waals surface area (Å²) < 4.78 is 11.4. The molecular weight excluding hydrogens is 568 g/mol. The first-order valence-electron chi connectivity index (χ1n) is 15.6. The highest BCUT2D eigenvalue weighted by Gasteiger charge is 2.48. The smallest absolute Gasteiger partial charge is 0.338 e. The highest BCUT2D eigenvalue weighted by molar-refractivity contribution is 5.92. The molecule has 0 saturated carbocycles. The van der Waals surface area contributed by atoms with E-state index in [9.17, 15) is 19.5 Å². The molecule has 3 aromatic rings. The van der Waals surface area contributed by atoms with Crippen LogP contribution in [0.15, 0.2) is 78.9 Å². The summed E-state index contributed by atoms with van der Waals surface area (Å²) in [6.07, 6.45) is 0.509. The lowest BCUT2D eigenvalue weighted by Gasteiger charge is -2.33. The predicted octanol–water partition coefficient (Wildman–Crippen LogP) is 5.66. The van der Waals surface area contributed by atoms with Gasteiger partial charge >= 0.3 is 5.97 Å². The molecule has 4 rings (SSSR count). The molecule has 8 heteroatoms. The summed E-state index contributed by atoms with van der Waals surface area (Å²) in [6, 6.07) is 24.1. The van der Waals surface area contributed by atoms with E-state index in [0.29, 0.717) is 19.3 Å². The van der Waals surface area contributed by atoms with Gasteiger partial charge in [0.1, 0.15) is 6.04 Å². The van der Waals surface area contributed by atoms with Crippen molar-refractivity contribution in [1.82, 2.24) is 10.6 Å². The Kier molecular flexibility index (Phi) is 10.8. The lowest BCUT2D eigenvalue weighted by molar-refractivity contribution is -0.162. The van der Waals surface area contributed by atoms with E-state index in [1.54, 1.807) is 13.8 Å². The normalized spacial score (nSPS) is 18.0. The Morgan fingerprint density at radius 2 is 1.62 bits per heavy atom. The molecule has 0 radical (unpaired) electrons. The molecule has 1 heterocycles. The third kappa shape index (κ3) is 8.80. The second-order valence-electron chi connectivity index (χ2n) is 13.3. The van der Waals surface area contributed by atoms with Crippen molar-refractivity contribution in [2.45, 2.75) is 84.8 Å². The highest BCUT2D eigenvalue weighted by atomic mass is 16.8. The van der Waals surface area contributed by atoms with Crippen molar-refractivity contribution in [3.05, 3.63) is 95.6 Å². The molecule has 0 aliphatic carbocycles. The molecule has 0 bridgehead atoms. The number of amides is 2. The standard InChI is InChI=1S/C37H46N2O6/c1-24-14-12-19-27(22-24)28-20-11-10-15-25(28)18-13-21-29(31-35(43)45-37(5,6)44-31)33(41)39-32(36(2,3)4)34(42)38-30(23-40)26-16-8-7-9-17-26/h7-12,14-17,19-20,22,29-32,40H,13,18,21,23H2,1-6H3,(H,38,42)(H,39,41). The fourth-order valence-electron chi connectivity index (χ4n) is 5.79. The molecule has 0 spiro atoms. The number of carbonyl (C=O) groups excluding carboxylic acids is 3. The zero-order valence-corrected chi connectivity index (χ0v) is 27.1. The van der Waals surface area contributed by atoms with Gasteiger partial charge in [0.25, 0.3) is 0 Å². The van der Waals surface area contributed by atoms with Crippen molar-refractivity contribution in [3.8, 4) is 11.1 Å². The minimum absolute atomic E-state index is 0.302. The fourth-order valence-corrected chi connectivity index (χ4v) is 5.79. The summed E-state index contributed by atoms with van der Waals surface area (Å²) in [6.45, 7) is 10.6. The molecule has 1 fully saturated rings. The molecule has 4 unspecified atom stereocenters. The summed E-state index contributed by atoms with van der Waals surface area (Å²) in [5.74, 6) is -3.54. The van der Waals surface area contributed by atoms with E-state index in [0.717, 1.165) is 22.3 Å². The number of ether oxygens (including phenoxy) is 2. The number of cyclic esters (lactones) is 1. The number of aliphatic hydroxyl groups excluding tert-OH is 1. The maximum absolute atomic E-state index is 14.0. The average molecular weight is 615 g/mol. The van der Waals surface area contributed by atoms with E-state index in [1.165, 1.54) is 5.56 Å². The van der Waals surface area contributed by atoms with Gasteiger partial charge in [-0.05, 0) is 53.9 Å². The summed E-state index contributed by atoms with van der Waals surface area (Å²) in [4.78, 5) is 40.6. The van der Waals surface area contributed by atoms with Crippen LogP contribution in [0.2, 0.25) is 0 Å². The lowest BCUT2D eigenvalue weighted by atomic mass is 9.84. The summed E-state index contributed by atoms with van der Waals surface area (Å²) in [7, 11) is 0. The second kappa shape index (κ2) is 14.4. The monoisotopic (exact) mass is 614 g/mol. The molecular formula is C37H46N2O6. The predicted molar refractivity (Wildman–Crippen MR) is 174 cm³/mol. The Labute approximate surface area is 266 Å². The molecule has 3 aromatic carbocycles. The number of benzene rings is 3. The third-order valence-electron chi connectivity index (χ3n) is 8.12.